The number of hydrogen-bond acceptors (Lipinski definition) is 4. The number of carbonyl (C=O) groups excluding carboxylic acids is 1. The highest BCUT2D eigenvalue weighted by Crippen LogP contribution is 2.49. The minimum Gasteiger partial charge on any atom is -0.496 e. The Hall–Kier alpha value is -3.93. The lowest BCUT2D eigenvalue weighted by atomic mass is 9.76. The fourth-order valence-corrected chi connectivity index (χ4v) is 5.08. The standard InChI is InChI=1S/C31H33FN2O3/c1-19(2)30-27(36-5)13-22(14-28(30)37-6)12-25-20(3)31(4,26-15-23(32)9-10-24(25)26)16-29(35)34-18-21-8-7-11-33-17-21/h7-15,17H,16,18H2,1-6H3,(H,34,35). The predicted octanol–water partition coefficient (Wildman–Crippen LogP) is 4.66. The van der Waals surface area contributed by atoms with Crippen LogP contribution in [0.5, 0.6) is 11.5 Å². The topological polar surface area (TPSA) is 60.5 Å². The molecule has 192 valence electrons. The van der Waals surface area contributed by atoms with E-state index in [0.29, 0.717) is 6.54 Å². The number of amides is 1. The fraction of sp³-hybridized carbons (Fsp3) is 0.290. The summed E-state index contributed by atoms with van der Waals surface area (Å²) in [5.74, 6) is 1.01. The Bertz CT molecular complexity index is 1460. The molecule has 3 aromatic rings. The zero-order chi connectivity index (χ0) is 26.7. The average Bonchev–Trinajstić information content (AvgIpc) is 3.08. The van der Waals surface area contributed by atoms with Gasteiger partial charge in [0.15, 0.2) is 0 Å². The molecule has 1 aliphatic carbocycles. The molecular formula is C31H33FN2O3. The molecule has 37 heavy (non-hydrogen) atoms. The molecule has 1 aromatic heterocycles. The van der Waals surface area contributed by atoms with Crippen molar-refractivity contribution < 1.29 is 18.7 Å². The normalized spacial score (nSPS) is 16.3. The summed E-state index contributed by atoms with van der Waals surface area (Å²) < 4.78 is 25.8. The molecule has 0 saturated carbocycles. The lowest BCUT2D eigenvalue weighted by molar-refractivity contribution is -0.122. The summed E-state index contributed by atoms with van der Waals surface area (Å²) >= 11 is 0. The first-order valence-corrected chi connectivity index (χ1v) is 12.3. The number of allylic oxidation sites excluding steroid dienone is 2. The van der Waals surface area contributed by atoms with Gasteiger partial charge in [-0.05, 0) is 84.7 Å². The van der Waals surface area contributed by atoms with Crippen molar-refractivity contribution in [2.75, 3.05) is 14.2 Å². The van der Waals surface area contributed by atoms with Crippen LogP contribution >= 0.6 is 0 Å². The summed E-state index contributed by atoms with van der Waals surface area (Å²) in [6.45, 7) is 8.45. The summed E-state index contributed by atoms with van der Waals surface area (Å²) in [5.41, 5.74) is 5.04. The Kier molecular flexibility index (Phi) is 7.48. The molecule has 1 unspecified atom stereocenters. The number of carbonyl (C=O) groups is 1. The quantitative estimate of drug-likeness (QED) is 0.513. The number of methoxy groups -OCH3 is 2. The highest BCUT2D eigenvalue weighted by Gasteiger charge is 2.40. The van der Waals surface area contributed by atoms with Crippen LogP contribution in [0, 0.1) is 5.82 Å². The molecule has 6 heteroatoms. The number of nitrogens with zero attached hydrogens (tertiary/aromatic N) is 1. The summed E-state index contributed by atoms with van der Waals surface area (Å²) in [6.07, 6.45) is 5.68. The second-order valence-corrected chi connectivity index (χ2v) is 9.82. The SMILES string of the molecule is COc1cc(=CC2=C(C)C(C)(CC(=O)NCc3cccnc3)c3cc(F)ccc32)cc(OC)c1=C(C)C. The van der Waals surface area contributed by atoms with Gasteiger partial charge in [0.05, 0.1) is 19.4 Å². The molecule has 2 aromatic carbocycles. The van der Waals surface area contributed by atoms with E-state index in [9.17, 15) is 9.18 Å². The second-order valence-electron chi connectivity index (χ2n) is 9.82. The van der Waals surface area contributed by atoms with Gasteiger partial charge in [0.2, 0.25) is 5.91 Å². The van der Waals surface area contributed by atoms with Gasteiger partial charge in [-0.3, -0.25) is 9.78 Å². The van der Waals surface area contributed by atoms with Crippen LogP contribution < -0.4 is 25.2 Å². The number of fused-ring (bicyclic) bond motifs is 1. The van der Waals surface area contributed by atoms with Crippen LogP contribution in [0.4, 0.5) is 4.39 Å². The Morgan fingerprint density at radius 2 is 1.81 bits per heavy atom. The minimum atomic E-state index is -0.663. The van der Waals surface area contributed by atoms with Crippen LogP contribution in [0.3, 0.4) is 0 Å². The van der Waals surface area contributed by atoms with Crippen LogP contribution in [0.25, 0.3) is 17.2 Å². The summed E-state index contributed by atoms with van der Waals surface area (Å²) in [4.78, 5) is 17.2. The van der Waals surface area contributed by atoms with E-state index in [1.54, 1.807) is 38.7 Å². The van der Waals surface area contributed by atoms with Crippen molar-refractivity contribution >= 4 is 23.1 Å². The number of ether oxygens (including phenoxy) is 2. The largest absolute Gasteiger partial charge is 0.496 e. The molecule has 5 nitrogen and oxygen atoms in total. The van der Waals surface area contributed by atoms with Crippen LogP contribution in [0.2, 0.25) is 0 Å². The number of pyridine rings is 1. The van der Waals surface area contributed by atoms with E-state index in [4.69, 9.17) is 9.47 Å². The van der Waals surface area contributed by atoms with Crippen molar-refractivity contribution in [3.05, 3.63) is 93.4 Å². The fourth-order valence-electron chi connectivity index (χ4n) is 5.08. The van der Waals surface area contributed by atoms with E-state index in [-0.39, 0.29) is 18.1 Å². The monoisotopic (exact) mass is 500 g/mol. The number of rotatable bonds is 7. The molecule has 4 rings (SSSR count). The zero-order valence-electron chi connectivity index (χ0n) is 22.2. The van der Waals surface area contributed by atoms with Crippen molar-refractivity contribution in [2.24, 2.45) is 0 Å². The van der Waals surface area contributed by atoms with Gasteiger partial charge in [-0.15, -0.1) is 0 Å². The highest BCUT2D eigenvalue weighted by atomic mass is 19.1. The van der Waals surface area contributed by atoms with Gasteiger partial charge in [-0.1, -0.05) is 30.2 Å². The first kappa shape index (κ1) is 26.1. The van der Waals surface area contributed by atoms with Gasteiger partial charge in [0.25, 0.3) is 0 Å². The van der Waals surface area contributed by atoms with Crippen molar-refractivity contribution in [1.29, 1.82) is 0 Å². The van der Waals surface area contributed by atoms with Crippen LogP contribution in [-0.4, -0.2) is 25.1 Å². The van der Waals surface area contributed by atoms with Gasteiger partial charge in [0.1, 0.15) is 17.3 Å². The minimum absolute atomic E-state index is 0.108. The lowest BCUT2D eigenvalue weighted by Crippen LogP contribution is -2.32. The van der Waals surface area contributed by atoms with Crippen LogP contribution in [-0.2, 0) is 16.8 Å². The summed E-state index contributed by atoms with van der Waals surface area (Å²) in [6, 6.07) is 12.5. The molecule has 0 bridgehead atoms. The molecule has 0 radical (unpaired) electrons. The van der Waals surface area contributed by atoms with E-state index < -0.39 is 5.41 Å². The maximum absolute atomic E-state index is 14.4. The summed E-state index contributed by atoms with van der Waals surface area (Å²) in [7, 11) is 3.29. The molecule has 1 atom stereocenters. The van der Waals surface area contributed by atoms with E-state index in [1.807, 2.05) is 52.0 Å². The summed E-state index contributed by atoms with van der Waals surface area (Å²) in [5, 5.41) is 4.81. The zero-order valence-corrected chi connectivity index (χ0v) is 22.2. The molecule has 1 aliphatic rings. The first-order valence-electron chi connectivity index (χ1n) is 12.3. The Morgan fingerprint density at radius 1 is 1.11 bits per heavy atom. The second kappa shape index (κ2) is 10.6. The Balaban J connectivity index is 1.78. The van der Waals surface area contributed by atoms with Gasteiger partial charge < -0.3 is 14.8 Å². The van der Waals surface area contributed by atoms with Crippen molar-refractivity contribution in [3.8, 4) is 11.5 Å². The van der Waals surface area contributed by atoms with Gasteiger partial charge >= 0.3 is 0 Å². The molecular weight excluding hydrogens is 467 g/mol. The third-order valence-electron chi connectivity index (χ3n) is 7.16. The maximum Gasteiger partial charge on any atom is 0.221 e. The molecule has 1 amide bonds. The Labute approximate surface area is 217 Å². The van der Waals surface area contributed by atoms with E-state index in [1.165, 1.54) is 6.07 Å². The highest BCUT2D eigenvalue weighted by molar-refractivity contribution is 5.97. The van der Waals surface area contributed by atoms with Gasteiger partial charge in [-0.25, -0.2) is 4.39 Å². The lowest BCUT2D eigenvalue weighted by Gasteiger charge is -2.27. The van der Waals surface area contributed by atoms with E-state index in [2.05, 4.69) is 16.4 Å². The van der Waals surface area contributed by atoms with Crippen LogP contribution in [0.1, 0.15) is 50.8 Å². The number of aromatic nitrogens is 1. The maximum atomic E-state index is 14.4. The molecule has 1 N–H and O–H groups in total. The number of benzene rings is 2. The molecule has 1 heterocycles. The van der Waals surface area contributed by atoms with Crippen molar-refractivity contribution in [1.82, 2.24) is 10.3 Å². The molecule has 0 spiro atoms. The number of nitrogens with one attached hydrogen (secondary N) is 1. The van der Waals surface area contributed by atoms with E-state index in [0.717, 1.165) is 55.3 Å². The number of hydrogen-bond donors (Lipinski definition) is 1. The predicted molar refractivity (Wildman–Crippen MR) is 145 cm³/mol. The molecule has 0 fully saturated rings. The van der Waals surface area contributed by atoms with Crippen LogP contribution in [0.15, 0.2) is 60.4 Å². The van der Waals surface area contributed by atoms with Gasteiger partial charge in [0, 0.05) is 30.8 Å². The first-order chi connectivity index (χ1) is 17.7. The van der Waals surface area contributed by atoms with Gasteiger partial charge in [-0.2, -0.15) is 0 Å². The average molecular weight is 501 g/mol. The smallest absolute Gasteiger partial charge is 0.221 e. The third kappa shape index (κ3) is 5.15. The van der Waals surface area contributed by atoms with Crippen molar-refractivity contribution in [2.45, 2.75) is 46.1 Å². The number of halogens is 1. The van der Waals surface area contributed by atoms with E-state index >= 15 is 0 Å². The molecule has 0 aliphatic heterocycles. The third-order valence-corrected chi connectivity index (χ3v) is 7.16. The van der Waals surface area contributed by atoms with Crippen molar-refractivity contribution in [3.63, 3.8) is 0 Å². The molecule has 0 saturated heterocycles. The Morgan fingerprint density at radius 3 is 2.41 bits per heavy atom.